The molecule has 0 aromatic heterocycles. The van der Waals surface area contributed by atoms with Crippen molar-refractivity contribution in [1.29, 1.82) is 0 Å². The molecule has 0 aromatic rings. The van der Waals surface area contributed by atoms with E-state index in [4.69, 9.17) is 5.11 Å². The van der Waals surface area contributed by atoms with Crippen molar-refractivity contribution in [3.63, 3.8) is 0 Å². The van der Waals surface area contributed by atoms with Gasteiger partial charge in [-0.15, -0.1) is 0 Å². The lowest BCUT2D eigenvalue weighted by molar-refractivity contribution is 0.186. The lowest BCUT2D eigenvalue weighted by Crippen LogP contribution is -2.27. The van der Waals surface area contributed by atoms with Crippen LogP contribution in [0.3, 0.4) is 0 Å². The van der Waals surface area contributed by atoms with Crippen molar-refractivity contribution in [2.24, 2.45) is 5.92 Å². The third-order valence-electron chi connectivity index (χ3n) is 3.25. The molecule has 58 valence electrons. The van der Waals surface area contributed by atoms with Crippen LogP contribution in [-0.2, 0) is 0 Å². The van der Waals surface area contributed by atoms with Crippen LogP contribution in [0.5, 0.6) is 0 Å². The molecule has 2 bridgehead atoms. The minimum absolute atomic E-state index is 0.394. The maximum atomic E-state index is 8.98. The van der Waals surface area contributed by atoms with Gasteiger partial charge in [-0.3, -0.25) is 0 Å². The standard InChI is InChI=1S/C8H15NO/c1-9-7-2-3-8(9)6(4-7)5-10/h6-8,10H,2-5H2,1H3. The first kappa shape index (κ1) is 6.62. The molecule has 3 atom stereocenters. The normalized spacial score (nSPS) is 46.8. The smallest absolute Gasteiger partial charge is 0.0474 e. The Morgan fingerprint density at radius 2 is 2.30 bits per heavy atom. The quantitative estimate of drug-likeness (QED) is 0.573. The molecule has 2 heteroatoms. The zero-order valence-corrected chi connectivity index (χ0v) is 6.45. The summed E-state index contributed by atoms with van der Waals surface area (Å²) in [6, 6.07) is 1.50. The highest BCUT2D eigenvalue weighted by atomic mass is 16.3. The molecule has 2 heterocycles. The van der Waals surface area contributed by atoms with Crippen molar-refractivity contribution < 1.29 is 5.11 Å². The Morgan fingerprint density at radius 1 is 1.50 bits per heavy atom. The van der Waals surface area contributed by atoms with Crippen molar-refractivity contribution in [2.75, 3.05) is 13.7 Å². The van der Waals surface area contributed by atoms with Crippen LogP contribution in [-0.4, -0.2) is 35.7 Å². The highest BCUT2D eigenvalue weighted by Gasteiger charge is 2.43. The molecule has 0 spiro atoms. The number of fused-ring (bicyclic) bond motifs is 2. The van der Waals surface area contributed by atoms with Crippen molar-refractivity contribution in [1.82, 2.24) is 4.90 Å². The van der Waals surface area contributed by atoms with Gasteiger partial charge in [-0.05, 0) is 32.2 Å². The molecule has 2 rings (SSSR count). The lowest BCUT2D eigenvalue weighted by Gasteiger charge is -2.18. The second kappa shape index (κ2) is 2.21. The second-order valence-corrected chi connectivity index (χ2v) is 3.64. The molecule has 10 heavy (non-hydrogen) atoms. The molecule has 2 fully saturated rings. The van der Waals surface area contributed by atoms with E-state index in [1.165, 1.54) is 19.3 Å². The number of nitrogens with zero attached hydrogens (tertiary/aromatic N) is 1. The van der Waals surface area contributed by atoms with Gasteiger partial charge in [0.05, 0.1) is 0 Å². The van der Waals surface area contributed by atoms with E-state index in [1.807, 2.05) is 0 Å². The molecule has 1 N–H and O–H groups in total. The van der Waals surface area contributed by atoms with Gasteiger partial charge in [0.25, 0.3) is 0 Å². The Labute approximate surface area is 61.8 Å². The van der Waals surface area contributed by atoms with Crippen LogP contribution in [0.4, 0.5) is 0 Å². The fourth-order valence-corrected chi connectivity index (χ4v) is 2.60. The molecule has 0 aromatic carbocycles. The monoisotopic (exact) mass is 141 g/mol. The number of aliphatic hydroxyl groups is 1. The van der Waals surface area contributed by atoms with E-state index >= 15 is 0 Å². The molecule has 0 saturated carbocycles. The van der Waals surface area contributed by atoms with Gasteiger partial charge in [0.15, 0.2) is 0 Å². The minimum atomic E-state index is 0.394. The van der Waals surface area contributed by atoms with E-state index in [2.05, 4.69) is 11.9 Å². The third kappa shape index (κ3) is 0.722. The Morgan fingerprint density at radius 3 is 2.60 bits per heavy atom. The van der Waals surface area contributed by atoms with Gasteiger partial charge >= 0.3 is 0 Å². The first-order chi connectivity index (χ1) is 4.83. The molecule has 2 saturated heterocycles. The van der Waals surface area contributed by atoms with E-state index < -0.39 is 0 Å². The zero-order chi connectivity index (χ0) is 7.14. The topological polar surface area (TPSA) is 23.5 Å². The van der Waals surface area contributed by atoms with Crippen molar-refractivity contribution in [2.45, 2.75) is 31.3 Å². The molecule has 0 radical (unpaired) electrons. The first-order valence-electron chi connectivity index (χ1n) is 4.15. The average Bonchev–Trinajstić information content (AvgIpc) is 2.46. The number of aliphatic hydroxyl groups excluding tert-OH is 1. The van der Waals surface area contributed by atoms with E-state index in [-0.39, 0.29) is 0 Å². The lowest BCUT2D eigenvalue weighted by atomic mass is 9.90. The summed E-state index contributed by atoms with van der Waals surface area (Å²) >= 11 is 0. The van der Waals surface area contributed by atoms with Crippen molar-refractivity contribution >= 4 is 0 Å². The number of hydrogen-bond acceptors (Lipinski definition) is 2. The summed E-state index contributed by atoms with van der Waals surface area (Å²) in [6.07, 6.45) is 3.90. The number of rotatable bonds is 1. The summed E-state index contributed by atoms with van der Waals surface area (Å²) < 4.78 is 0. The van der Waals surface area contributed by atoms with E-state index in [1.54, 1.807) is 0 Å². The summed E-state index contributed by atoms with van der Waals surface area (Å²) in [5.41, 5.74) is 0. The SMILES string of the molecule is CN1C2CCC1C(CO)C2. The van der Waals surface area contributed by atoms with E-state index in [0.717, 1.165) is 6.04 Å². The minimum Gasteiger partial charge on any atom is -0.396 e. The average molecular weight is 141 g/mol. The molecular weight excluding hydrogens is 126 g/mol. The Kier molecular flexibility index (Phi) is 1.46. The van der Waals surface area contributed by atoms with E-state index in [0.29, 0.717) is 18.6 Å². The van der Waals surface area contributed by atoms with E-state index in [9.17, 15) is 0 Å². The van der Waals surface area contributed by atoms with Gasteiger partial charge in [0, 0.05) is 18.7 Å². The van der Waals surface area contributed by atoms with Crippen LogP contribution in [0.25, 0.3) is 0 Å². The van der Waals surface area contributed by atoms with Crippen LogP contribution in [0.2, 0.25) is 0 Å². The van der Waals surface area contributed by atoms with Gasteiger partial charge in [-0.2, -0.15) is 0 Å². The summed E-state index contributed by atoms with van der Waals surface area (Å²) in [6.45, 7) is 0.394. The molecule has 3 unspecified atom stereocenters. The molecular formula is C8H15NO. The summed E-state index contributed by atoms with van der Waals surface area (Å²) in [4.78, 5) is 2.45. The Balaban J connectivity index is 2.08. The molecule has 0 aliphatic carbocycles. The fraction of sp³-hybridized carbons (Fsp3) is 1.00. The fourth-order valence-electron chi connectivity index (χ4n) is 2.60. The summed E-state index contributed by atoms with van der Waals surface area (Å²) in [5.74, 6) is 0.587. The Bertz CT molecular complexity index is 137. The molecule has 2 aliphatic rings. The van der Waals surface area contributed by atoms with Crippen molar-refractivity contribution in [3.8, 4) is 0 Å². The second-order valence-electron chi connectivity index (χ2n) is 3.64. The van der Waals surface area contributed by atoms with Gasteiger partial charge < -0.3 is 10.0 Å². The van der Waals surface area contributed by atoms with Crippen molar-refractivity contribution in [3.05, 3.63) is 0 Å². The van der Waals surface area contributed by atoms with Crippen LogP contribution in [0.1, 0.15) is 19.3 Å². The van der Waals surface area contributed by atoms with Crippen LogP contribution in [0.15, 0.2) is 0 Å². The van der Waals surface area contributed by atoms with Crippen LogP contribution in [0, 0.1) is 5.92 Å². The Hall–Kier alpha value is -0.0800. The summed E-state index contributed by atoms with van der Waals surface area (Å²) in [7, 11) is 2.19. The predicted octanol–water partition coefficient (Wildman–Crippen LogP) is 0.461. The van der Waals surface area contributed by atoms with Gasteiger partial charge in [-0.1, -0.05) is 0 Å². The third-order valence-corrected chi connectivity index (χ3v) is 3.25. The van der Waals surface area contributed by atoms with Gasteiger partial charge in [0.2, 0.25) is 0 Å². The highest BCUT2D eigenvalue weighted by Crippen LogP contribution is 2.39. The summed E-state index contributed by atoms with van der Waals surface area (Å²) in [5, 5.41) is 8.98. The maximum absolute atomic E-state index is 8.98. The van der Waals surface area contributed by atoms with Crippen LogP contribution < -0.4 is 0 Å². The van der Waals surface area contributed by atoms with Crippen LogP contribution >= 0.6 is 0 Å². The predicted molar refractivity (Wildman–Crippen MR) is 39.8 cm³/mol. The molecule has 2 nitrogen and oxygen atoms in total. The molecule has 2 aliphatic heterocycles. The largest absolute Gasteiger partial charge is 0.396 e. The number of hydrogen-bond donors (Lipinski definition) is 1. The highest BCUT2D eigenvalue weighted by molar-refractivity contribution is 4.98. The maximum Gasteiger partial charge on any atom is 0.0474 e. The molecule has 0 amide bonds. The zero-order valence-electron chi connectivity index (χ0n) is 6.45. The van der Waals surface area contributed by atoms with Gasteiger partial charge in [0.1, 0.15) is 0 Å². The van der Waals surface area contributed by atoms with Gasteiger partial charge in [-0.25, -0.2) is 0 Å². The first-order valence-corrected chi connectivity index (χ1v) is 4.15.